The highest BCUT2D eigenvalue weighted by molar-refractivity contribution is 5.88. The van der Waals surface area contributed by atoms with E-state index in [4.69, 9.17) is 4.74 Å². The number of amides is 1. The third kappa shape index (κ3) is 3.66. The Hall–Kier alpha value is -1.88. The average Bonchev–Trinajstić information content (AvgIpc) is 3.19. The summed E-state index contributed by atoms with van der Waals surface area (Å²) in [7, 11) is 1.65. The lowest BCUT2D eigenvalue weighted by Gasteiger charge is -2.56. The van der Waals surface area contributed by atoms with Crippen molar-refractivity contribution in [1.82, 2.24) is 10.2 Å². The Kier molecular flexibility index (Phi) is 5.34. The van der Waals surface area contributed by atoms with Crippen molar-refractivity contribution >= 4 is 11.7 Å². The third-order valence-electron chi connectivity index (χ3n) is 8.29. The second-order valence-electron chi connectivity index (χ2n) is 10.3. The van der Waals surface area contributed by atoms with E-state index in [2.05, 4.69) is 10.2 Å². The van der Waals surface area contributed by atoms with Gasteiger partial charge in [-0.1, -0.05) is 18.2 Å². The average molecular weight is 411 g/mol. The summed E-state index contributed by atoms with van der Waals surface area (Å²) >= 11 is 0. The summed E-state index contributed by atoms with van der Waals surface area (Å²) in [6.45, 7) is 1.76. The van der Waals surface area contributed by atoms with Gasteiger partial charge in [0.1, 0.15) is 5.75 Å². The number of likely N-dealkylation sites (tertiary alicyclic amines) is 1. The molecule has 4 bridgehead atoms. The van der Waals surface area contributed by atoms with Crippen LogP contribution in [0.25, 0.3) is 0 Å². The smallest absolute Gasteiger partial charge is 0.237 e. The number of rotatable bonds is 7. The van der Waals surface area contributed by atoms with Gasteiger partial charge in [0, 0.05) is 17.5 Å². The van der Waals surface area contributed by atoms with Crippen molar-refractivity contribution in [1.29, 1.82) is 0 Å². The molecule has 5 nitrogen and oxygen atoms in total. The van der Waals surface area contributed by atoms with Gasteiger partial charge in [-0.2, -0.15) is 0 Å². The standard InChI is InChI=1S/C25H34N2O3/c1-30-22-7-3-2-5-20(22)15-26-24(29)21-6-4-8-27(21)16-23(28)25-12-17-9-18(13-25)11-19(10-17)14-25/h2-3,5,7,17-19,21H,4,6,8-16H2,1H3,(H,26,29)/t17?,18?,19?,21-,25?/m0/s1. The Bertz CT molecular complexity index is 785. The maximum Gasteiger partial charge on any atom is 0.237 e. The number of benzene rings is 1. The summed E-state index contributed by atoms with van der Waals surface area (Å²) in [5, 5.41) is 3.08. The first-order valence-corrected chi connectivity index (χ1v) is 11.7. The fourth-order valence-corrected chi connectivity index (χ4v) is 7.27. The number of carbonyl (C=O) groups excluding carboxylic acids is 2. The van der Waals surface area contributed by atoms with E-state index in [1.807, 2.05) is 24.3 Å². The monoisotopic (exact) mass is 410 g/mol. The predicted molar refractivity (Wildman–Crippen MR) is 115 cm³/mol. The van der Waals surface area contributed by atoms with Crippen LogP contribution in [0.15, 0.2) is 24.3 Å². The highest BCUT2D eigenvalue weighted by Crippen LogP contribution is 2.60. The molecular formula is C25H34N2O3. The number of Topliss-reactive ketones (excluding diaryl/α,β-unsaturated/α-hetero) is 1. The van der Waals surface area contributed by atoms with Gasteiger partial charge in [0.05, 0.1) is 19.7 Å². The molecule has 1 atom stereocenters. The van der Waals surface area contributed by atoms with Crippen LogP contribution in [0.4, 0.5) is 0 Å². The van der Waals surface area contributed by atoms with Gasteiger partial charge in [0.15, 0.2) is 5.78 Å². The first-order chi connectivity index (χ1) is 14.6. The number of nitrogens with zero attached hydrogens (tertiary/aromatic N) is 1. The van der Waals surface area contributed by atoms with E-state index in [1.165, 1.54) is 19.3 Å². The molecule has 0 radical (unpaired) electrons. The van der Waals surface area contributed by atoms with Crippen LogP contribution in [0.1, 0.15) is 56.9 Å². The highest BCUT2D eigenvalue weighted by atomic mass is 16.5. The van der Waals surface area contributed by atoms with E-state index < -0.39 is 0 Å². The van der Waals surface area contributed by atoms with Crippen LogP contribution in [-0.4, -0.2) is 42.8 Å². The summed E-state index contributed by atoms with van der Waals surface area (Å²) in [5.41, 5.74) is 0.901. The van der Waals surface area contributed by atoms with Crippen molar-refractivity contribution in [2.75, 3.05) is 20.2 Å². The van der Waals surface area contributed by atoms with Gasteiger partial charge in [-0.05, 0) is 81.7 Å². The molecule has 5 fully saturated rings. The van der Waals surface area contributed by atoms with E-state index in [0.717, 1.165) is 67.7 Å². The zero-order valence-electron chi connectivity index (χ0n) is 18.1. The van der Waals surface area contributed by atoms with Crippen molar-refractivity contribution < 1.29 is 14.3 Å². The molecule has 1 aliphatic heterocycles. The fourth-order valence-electron chi connectivity index (χ4n) is 7.27. The Balaban J connectivity index is 1.21. The van der Waals surface area contributed by atoms with Gasteiger partial charge >= 0.3 is 0 Å². The first-order valence-electron chi connectivity index (χ1n) is 11.7. The number of ether oxygens (including phenoxy) is 1. The molecule has 4 aliphatic carbocycles. The van der Waals surface area contributed by atoms with Crippen LogP contribution in [0.5, 0.6) is 5.75 Å². The minimum absolute atomic E-state index is 0.0386. The molecule has 5 aliphatic rings. The Labute approximate surface area is 179 Å². The molecule has 30 heavy (non-hydrogen) atoms. The highest BCUT2D eigenvalue weighted by Gasteiger charge is 2.54. The maximum absolute atomic E-state index is 13.5. The SMILES string of the molecule is COc1ccccc1CNC(=O)[C@@H]1CCCN1CC(=O)C12CC3CC(CC(C3)C1)C2. The van der Waals surface area contributed by atoms with Crippen molar-refractivity contribution in [3.05, 3.63) is 29.8 Å². The van der Waals surface area contributed by atoms with Gasteiger partial charge in [-0.15, -0.1) is 0 Å². The topological polar surface area (TPSA) is 58.6 Å². The number of carbonyl (C=O) groups is 2. The van der Waals surface area contributed by atoms with E-state index in [0.29, 0.717) is 18.9 Å². The molecular weight excluding hydrogens is 376 g/mol. The number of methoxy groups -OCH3 is 1. The van der Waals surface area contributed by atoms with Crippen LogP contribution < -0.4 is 10.1 Å². The van der Waals surface area contributed by atoms with Gasteiger partial charge in [-0.3, -0.25) is 14.5 Å². The third-order valence-corrected chi connectivity index (χ3v) is 8.29. The van der Waals surface area contributed by atoms with Crippen LogP contribution in [0, 0.1) is 23.2 Å². The van der Waals surface area contributed by atoms with Crippen molar-refractivity contribution in [3.63, 3.8) is 0 Å². The van der Waals surface area contributed by atoms with Gasteiger partial charge in [-0.25, -0.2) is 0 Å². The van der Waals surface area contributed by atoms with Gasteiger partial charge < -0.3 is 10.1 Å². The number of ketones is 1. The minimum Gasteiger partial charge on any atom is -0.496 e. The molecule has 0 unspecified atom stereocenters. The zero-order chi connectivity index (χ0) is 20.7. The second kappa shape index (κ2) is 7.99. The Morgan fingerprint density at radius 3 is 2.43 bits per heavy atom. The fraction of sp³-hybridized carbons (Fsp3) is 0.680. The number of hydrogen-bond donors (Lipinski definition) is 1. The number of para-hydroxylation sites is 1. The molecule has 0 aromatic heterocycles. The molecule has 1 aromatic rings. The normalized spacial score (nSPS) is 34.8. The number of nitrogens with one attached hydrogen (secondary N) is 1. The molecule has 5 heteroatoms. The summed E-state index contributed by atoms with van der Waals surface area (Å²) < 4.78 is 5.39. The molecule has 4 saturated carbocycles. The van der Waals surface area contributed by atoms with E-state index in [9.17, 15) is 9.59 Å². The largest absolute Gasteiger partial charge is 0.496 e. The lowest BCUT2D eigenvalue weighted by atomic mass is 9.48. The Morgan fingerprint density at radius 2 is 1.77 bits per heavy atom. The van der Waals surface area contributed by atoms with Crippen molar-refractivity contribution in [2.45, 2.75) is 64.0 Å². The second-order valence-corrected chi connectivity index (χ2v) is 10.3. The summed E-state index contributed by atoms with van der Waals surface area (Å²) in [5.74, 6) is 3.58. The van der Waals surface area contributed by atoms with Gasteiger partial charge in [0.25, 0.3) is 0 Å². The number of hydrogen-bond acceptors (Lipinski definition) is 4. The minimum atomic E-state index is -0.183. The Morgan fingerprint density at radius 1 is 1.10 bits per heavy atom. The van der Waals surface area contributed by atoms with Crippen molar-refractivity contribution in [3.8, 4) is 5.75 Å². The molecule has 162 valence electrons. The zero-order valence-corrected chi connectivity index (χ0v) is 18.1. The van der Waals surface area contributed by atoms with E-state index in [-0.39, 0.29) is 17.4 Å². The molecule has 1 amide bonds. The molecule has 1 heterocycles. The van der Waals surface area contributed by atoms with Gasteiger partial charge in [0.2, 0.25) is 5.91 Å². The van der Waals surface area contributed by atoms with Crippen LogP contribution >= 0.6 is 0 Å². The van der Waals surface area contributed by atoms with Crippen LogP contribution in [0.3, 0.4) is 0 Å². The van der Waals surface area contributed by atoms with E-state index >= 15 is 0 Å². The summed E-state index contributed by atoms with van der Waals surface area (Å²) in [4.78, 5) is 28.6. The molecule has 1 aromatic carbocycles. The maximum atomic E-state index is 13.5. The lowest BCUT2D eigenvalue weighted by Crippen LogP contribution is -2.53. The molecule has 1 saturated heterocycles. The van der Waals surface area contributed by atoms with Crippen molar-refractivity contribution in [2.24, 2.45) is 23.2 Å². The molecule has 1 N–H and O–H groups in total. The van der Waals surface area contributed by atoms with Crippen LogP contribution in [0.2, 0.25) is 0 Å². The summed E-state index contributed by atoms with van der Waals surface area (Å²) in [6.07, 6.45) is 9.20. The molecule has 6 rings (SSSR count). The summed E-state index contributed by atoms with van der Waals surface area (Å²) in [6, 6.07) is 7.59. The quantitative estimate of drug-likeness (QED) is 0.747. The first kappa shape index (κ1) is 20.0. The van der Waals surface area contributed by atoms with E-state index in [1.54, 1.807) is 7.11 Å². The molecule has 0 spiro atoms. The van der Waals surface area contributed by atoms with Crippen LogP contribution in [-0.2, 0) is 16.1 Å². The lowest BCUT2D eigenvalue weighted by molar-refractivity contribution is -0.145. The predicted octanol–water partition coefficient (Wildman–Crippen LogP) is 3.56.